The molecule has 0 spiro atoms. The first-order valence-corrected chi connectivity index (χ1v) is 11.2. The third-order valence-corrected chi connectivity index (χ3v) is 6.24. The number of nitrogens with one attached hydrogen (secondary N) is 2. The molecule has 2 aliphatic heterocycles. The smallest absolute Gasteiger partial charge is 0.266 e. The van der Waals surface area contributed by atoms with Crippen LogP contribution in [0.3, 0.4) is 0 Å². The van der Waals surface area contributed by atoms with E-state index < -0.39 is 11.8 Å². The van der Waals surface area contributed by atoms with Crippen molar-refractivity contribution in [2.24, 2.45) is 0 Å². The van der Waals surface area contributed by atoms with Crippen LogP contribution >= 0.6 is 0 Å². The molecule has 1 atom stereocenters. The van der Waals surface area contributed by atoms with Gasteiger partial charge in [-0.2, -0.15) is 0 Å². The predicted octanol–water partition coefficient (Wildman–Crippen LogP) is 3.93. The molecule has 4 amide bonds. The van der Waals surface area contributed by atoms with Crippen molar-refractivity contribution < 1.29 is 23.9 Å². The number of carbonyl (C=O) groups is 4. The molecule has 35 heavy (non-hydrogen) atoms. The quantitative estimate of drug-likeness (QED) is 0.564. The Morgan fingerprint density at radius 3 is 2.54 bits per heavy atom. The lowest BCUT2D eigenvalue weighted by molar-refractivity contribution is -0.118. The van der Waals surface area contributed by atoms with Crippen LogP contribution in [-0.2, 0) is 4.79 Å². The molecule has 8 nitrogen and oxygen atoms in total. The SMILES string of the molecule is Cc1ccc(C)c(N2C(=O)c3ccc(C(=O)NC(C)c4ccc5c(c4)NC(=O)CO5)cc3C2=O)c1. The third-order valence-electron chi connectivity index (χ3n) is 6.24. The minimum atomic E-state index is -0.452. The fourth-order valence-corrected chi connectivity index (χ4v) is 4.29. The van der Waals surface area contributed by atoms with Crippen LogP contribution in [-0.4, -0.2) is 30.2 Å². The molecule has 3 aromatic rings. The zero-order valence-corrected chi connectivity index (χ0v) is 19.5. The van der Waals surface area contributed by atoms with E-state index in [2.05, 4.69) is 10.6 Å². The topological polar surface area (TPSA) is 105 Å². The Balaban J connectivity index is 1.37. The van der Waals surface area contributed by atoms with Gasteiger partial charge < -0.3 is 15.4 Å². The average Bonchev–Trinajstić information content (AvgIpc) is 3.09. The molecular formula is C27H23N3O5. The second-order valence-corrected chi connectivity index (χ2v) is 8.78. The van der Waals surface area contributed by atoms with E-state index in [1.54, 1.807) is 24.3 Å². The first-order valence-electron chi connectivity index (χ1n) is 11.2. The summed E-state index contributed by atoms with van der Waals surface area (Å²) in [5.74, 6) is -0.909. The summed E-state index contributed by atoms with van der Waals surface area (Å²) in [6.07, 6.45) is 0. The normalized spacial score (nSPS) is 15.2. The number of amides is 4. The summed E-state index contributed by atoms with van der Waals surface area (Å²) in [6.45, 7) is 5.53. The monoisotopic (exact) mass is 469 g/mol. The van der Waals surface area contributed by atoms with Gasteiger partial charge in [0.15, 0.2) is 6.61 Å². The van der Waals surface area contributed by atoms with Crippen molar-refractivity contribution in [3.63, 3.8) is 0 Å². The van der Waals surface area contributed by atoms with E-state index in [4.69, 9.17) is 4.74 Å². The van der Waals surface area contributed by atoms with Crippen LogP contribution in [0.2, 0.25) is 0 Å². The maximum atomic E-state index is 13.2. The molecule has 8 heteroatoms. The fourth-order valence-electron chi connectivity index (χ4n) is 4.29. The number of hydrogen-bond donors (Lipinski definition) is 2. The number of fused-ring (bicyclic) bond motifs is 2. The van der Waals surface area contributed by atoms with Crippen molar-refractivity contribution in [2.75, 3.05) is 16.8 Å². The van der Waals surface area contributed by atoms with Crippen LogP contribution in [0.4, 0.5) is 11.4 Å². The van der Waals surface area contributed by atoms with Crippen LogP contribution in [0.25, 0.3) is 0 Å². The second-order valence-electron chi connectivity index (χ2n) is 8.78. The Morgan fingerprint density at radius 2 is 1.74 bits per heavy atom. The second kappa shape index (κ2) is 8.39. The molecule has 0 saturated heterocycles. The van der Waals surface area contributed by atoms with Crippen molar-refractivity contribution >= 4 is 35.0 Å². The van der Waals surface area contributed by atoms with E-state index in [1.165, 1.54) is 17.0 Å². The lowest BCUT2D eigenvalue weighted by Gasteiger charge is -2.21. The number of carbonyl (C=O) groups excluding carboxylic acids is 4. The summed E-state index contributed by atoms with van der Waals surface area (Å²) < 4.78 is 5.37. The summed E-state index contributed by atoms with van der Waals surface area (Å²) in [5, 5.41) is 5.66. The minimum Gasteiger partial charge on any atom is -0.482 e. The summed E-state index contributed by atoms with van der Waals surface area (Å²) in [7, 11) is 0. The largest absolute Gasteiger partial charge is 0.482 e. The summed E-state index contributed by atoms with van der Waals surface area (Å²) in [4.78, 5) is 52.0. The van der Waals surface area contributed by atoms with E-state index in [9.17, 15) is 19.2 Å². The van der Waals surface area contributed by atoms with Gasteiger partial charge in [-0.3, -0.25) is 19.2 Å². The third kappa shape index (κ3) is 3.93. The lowest BCUT2D eigenvalue weighted by atomic mass is 10.0. The molecule has 0 aliphatic carbocycles. The minimum absolute atomic E-state index is 0.0287. The number of aryl methyl sites for hydroxylation is 2. The molecular weight excluding hydrogens is 446 g/mol. The molecule has 0 aromatic heterocycles. The van der Waals surface area contributed by atoms with Gasteiger partial charge in [0, 0.05) is 5.56 Å². The maximum Gasteiger partial charge on any atom is 0.266 e. The average molecular weight is 469 g/mol. The first-order chi connectivity index (χ1) is 16.7. The zero-order valence-electron chi connectivity index (χ0n) is 19.5. The summed E-state index contributed by atoms with van der Waals surface area (Å²) in [5.41, 5.74) is 4.35. The van der Waals surface area contributed by atoms with E-state index in [0.29, 0.717) is 17.1 Å². The Hall–Kier alpha value is -4.46. The summed E-state index contributed by atoms with van der Waals surface area (Å²) in [6, 6.07) is 15.0. The van der Waals surface area contributed by atoms with Gasteiger partial charge in [-0.1, -0.05) is 18.2 Å². The Morgan fingerprint density at radius 1 is 0.971 bits per heavy atom. The molecule has 2 heterocycles. The van der Waals surface area contributed by atoms with Gasteiger partial charge in [0.25, 0.3) is 23.6 Å². The van der Waals surface area contributed by atoms with Gasteiger partial charge in [0.2, 0.25) is 0 Å². The molecule has 2 N–H and O–H groups in total. The first kappa shape index (κ1) is 22.3. The number of rotatable bonds is 4. The number of hydrogen-bond acceptors (Lipinski definition) is 5. The highest BCUT2D eigenvalue weighted by atomic mass is 16.5. The molecule has 0 radical (unpaired) electrons. The van der Waals surface area contributed by atoms with Crippen molar-refractivity contribution in [3.05, 3.63) is 88.0 Å². The van der Waals surface area contributed by atoms with Gasteiger partial charge in [-0.15, -0.1) is 0 Å². The highest BCUT2D eigenvalue weighted by molar-refractivity contribution is 6.35. The standard InChI is InChI=1S/C27H23N3O5/c1-14-4-5-15(2)22(10-14)30-26(33)19-8-6-18(11-20(19)27(30)34)25(32)28-16(3)17-7-9-23-21(12-17)29-24(31)13-35-23/h4-12,16H,13H2,1-3H3,(H,28,32)(H,29,31). The number of ether oxygens (including phenoxy) is 1. The predicted molar refractivity (Wildman–Crippen MR) is 130 cm³/mol. The van der Waals surface area contributed by atoms with E-state index in [-0.39, 0.29) is 41.2 Å². The maximum absolute atomic E-state index is 13.2. The number of nitrogens with zero attached hydrogens (tertiary/aromatic N) is 1. The molecule has 176 valence electrons. The fraction of sp³-hybridized carbons (Fsp3) is 0.185. The van der Waals surface area contributed by atoms with E-state index >= 15 is 0 Å². The van der Waals surface area contributed by atoms with Gasteiger partial charge in [0.05, 0.1) is 28.5 Å². The van der Waals surface area contributed by atoms with Crippen LogP contribution < -0.4 is 20.3 Å². The molecule has 0 fully saturated rings. The van der Waals surface area contributed by atoms with Crippen molar-refractivity contribution in [2.45, 2.75) is 26.8 Å². The molecule has 3 aromatic carbocycles. The van der Waals surface area contributed by atoms with E-state index in [1.807, 2.05) is 39.0 Å². The number of anilines is 2. The van der Waals surface area contributed by atoms with Crippen LogP contribution in [0, 0.1) is 13.8 Å². The van der Waals surface area contributed by atoms with Crippen LogP contribution in [0.1, 0.15) is 60.7 Å². The molecule has 0 bridgehead atoms. The van der Waals surface area contributed by atoms with Crippen molar-refractivity contribution in [3.8, 4) is 5.75 Å². The van der Waals surface area contributed by atoms with Crippen molar-refractivity contribution in [1.29, 1.82) is 0 Å². The summed E-state index contributed by atoms with van der Waals surface area (Å²) >= 11 is 0. The Bertz CT molecular complexity index is 1430. The Labute approximate surface area is 201 Å². The number of benzene rings is 3. The molecule has 1 unspecified atom stereocenters. The van der Waals surface area contributed by atoms with Crippen LogP contribution in [0.15, 0.2) is 54.6 Å². The van der Waals surface area contributed by atoms with Gasteiger partial charge in [-0.25, -0.2) is 4.90 Å². The highest BCUT2D eigenvalue weighted by Crippen LogP contribution is 2.33. The van der Waals surface area contributed by atoms with Crippen LogP contribution in [0.5, 0.6) is 5.75 Å². The van der Waals surface area contributed by atoms with E-state index in [0.717, 1.165) is 16.7 Å². The molecule has 0 saturated carbocycles. The molecule has 2 aliphatic rings. The van der Waals surface area contributed by atoms with Gasteiger partial charge >= 0.3 is 0 Å². The number of imide groups is 1. The highest BCUT2D eigenvalue weighted by Gasteiger charge is 2.38. The van der Waals surface area contributed by atoms with Gasteiger partial charge in [-0.05, 0) is 73.9 Å². The molecule has 5 rings (SSSR count). The van der Waals surface area contributed by atoms with Crippen molar-refractivity contribution in [1.82, 2.24) is 5.32 Å². The zero-order chi connectivity index (χ0) is 24.9. The Kier molecular flexibility index (Phi) is 5.36. The van der Waals surface area contributed by atoms with Gasteiger partial charge in [0.1, 0.15) is 5.75 Å². The lowest BCUT2D eigenvalue weighted by Crippen LogP contribution is -2.30.